The van der Waals surface area contributed by atoms with E-state index in [1.807, 2.05) is 5.32 Å². The van der Waals surface area contributed by atoms with Crippen molar-refractivity contribution in [2.75, 3.05) is 13.7 Å². The molecule has 0 aliphatic heterocycles. The van der Waals surface area contributed by atoms with Crippen LogP contribution in [0.5, 0.6) is 5.75 Å². The van der Waals surface area contributed by atoms with Crippen molar-refractivity contribution in [1.29, 1.82) is 0 Å². The monoisotopic (exact) mass is 382 g/mol. The number of ether oxygens (including phenoxy) is 2. The van der Waals surface area contributed by atoms with Crippen LogP contribution < -0.4 is 15.4 Å². The van der Waals surface area contributed by atoms with Crippen LogP contribution in [0.3, 0.4) is 0 Å². The minimum absolute atomic E-state index is 0.139. The van der Waals surface area contributed by atoms with E-state index in [0.29, 0.717) is 0 Å². The predicted octanol–water partition coefficient (Wildman–Crippen LogP) is 2.41. The molecule has 2 N–H and O–H groups in total. The molecule has 1 rings (SSSR count). The Balaban J connectivity index is 2.53. The zero-order chi connectivity index (χ0) is 17.6. The maximum absolute atomic E-state index is 11.6. The van der Waals surface area contributed by atoms with E-state index in [9.17, 15) is 14.4 Å². The first-order valence-electron chi connectivity index (χ1n) is 6.24. The average molecular weight is 384 g/mol. The molecule has 23 heavy (non-hydrogen) atoms. The molecule has 10 heteroatoms. The van der Waals surface area contributed by atoms with Crippen molar-refractivity contribution in [3.05, 3.63) is 27.2 Å². The van der Waals surface area contributed by atoms with Crippen LogP contribution in [0.2, 0.25) is 15.1 Å². The van der Waals surface area contributed by atoms with Gasteiger partial charge < -0.3 is 14.8 Å². The molecule has 0 unspecified atom stereocenters. The number of amides is 3. The first-order chi connectivity index (χ1) is 10.7. The first-order valence-corrected chi connectivity index (χ1v) is 7.37. The van der Waals surface area contributed by atoms with Gasteiger partial charge in [0.2, 0.25) is 0 Å². The van der Waals surface area contributed by atoms with Gasteiger partial charge >= 0.3 is 12.0 Å². The molecule has 0 heterocycles. The Kier molecular flexibility index (Phi) is 7.41. The van der Waals surface area contributed by atoms with E-state index >= 15 is 0 Å². The molecule has 0 radical (unpaired) electrons. The van der Waals surface area contributed by atoms with Gasteiger partial charge in [-0.25, -0.2) is 9.59 Å². The fourth-order valence-electron chi connectivity index (χ4n) is 1.31. The Bertz CT molecular complexity index is 624. The fraction of sp³-hybridized carbons (Fsp3) is 0.308. The number of hydrogen-bond acceptors (Lipinski definition) is 5. The highest BCUT2D eigenvalue weighted by Gasteiger charge is 2.20. The number of benzene rings is 1. The number of rotatable bonds is 5. The van der Waals surface area contributed by atoms with Gasteiger partial charge in [0.1, 0.15) is 5.75 Å². The number of urea groups is 1. The minimum atomic E-state index is -1.17. The van der Waals surface area contributed by atoms with Crippen LogP contribution in [0.4, 0.5) is 4.79 Å². The van der Waals surface area contributed by atoms with Crippen LogP contribution in [0.15, 0.2) is 12.1 Å². The van der Waals surface area contributed by atoms with Crippen molar-refractivity contribution in [2.24, 2.45) is 0 Å². The molecule has 0 saturated heterocycles. The smallest absolute Gasteiger partial charge is 0.344 e. The Morgan fingerprint density at radius 1 is 1.13 bits per heavy atom. The molecule has 1 atom stereocenters. The van der Waals surface area contributed by atoms with E-state index in [0.717, 1.165) is 0 Å². The molecule has 0 spiro atoms. The molecule has 1 aromatic carbocycles. The molecule has 0 aromatic heterocycles. The van der Waals surface area contributed by atoms with Gasteiger partial charge in [-0.1, -0.05) is 34.8 Å². The van der Waals surface area contributed by atoms with E-state index in [1.54, 1.807) is 0 Å². The summed E-state index contributed by atoms with van der Waals surface area (Å²) in [6.45, 7) is 0.803. The molecule has 0 aliphatic carbocycles. The maximum atomic E-state index is 11.6. The molecule has 1 aromatic rings. The molecular weight excluding hydrogens is 371 g/mol. The number of carbonyl (C=O) groups is 3. The van der Waals surface area contributed by atoms with Gasteiger partial charge in [-0.3, -0.25) is 10.1 Å². The molecular formula is C13H13Cl3N2O5. The quantitative estimate of drug-likeness (QED) is 0.601. The third-order valence-corrected chi connectivity index (χ3v) is 3.48. The van der Waals surface area contributed by atoms with Crippen LogP contribution in [0.1, 0.15) is 6.92 Å². The third kappa shape index (κ3) is 6.13. The summed E-state index contributed by atoms with van der Waals surface area (Å²) in [6.07, 6.45) is -1.17. The standard InChI is InChI=1S/C13H13Cl3N2O5/c1-6(12(20)18-13(21)17-2)23-11(19)5-22-10-4-8(15)7(14)3-9(10)16/h3-4,6H,5H2,1-2H3,(H2,17,18,20,21)/t6-/m0/s1. The van der Waals surface area contributed by atoms with Crippen molar-refractivity contribution in [1.82, 2.24) is 10.6 Å². The summed E-state index contributed by atoms with van der Waals surface area (Å²) in [6, 6.07) is 2.00. The van der Waals surface area contributed by atoms with E-state index < -0.39 is 30.6 Å². The van der Waals surface area contributed by atoms with Crippen molar-refractivity contribution >= 4 is 52.7 Å². The molecule has 0 fully saturated rings. The largest absolute Gasteiger partial charge is 0.480 e. The van der Waals surface area contributed by atoms with Gasteiger partial charge in [0.15, 0.2) is 12.7 Å². The van der Waals surface area contributed by atoms with E-state index in [1.165, 1.54) is 26.1 Å². The predicted molar refractivity (Wildman–Crippen MR) is 85.1 cm³/mol. The van der Waals surface area contributed by atoms with Gasteiger partial charge in [0, 0.05) is 13.1 Å². The molecule has 0 saturated carbocycles. The second kappa shape index (κ2) is 8.81. The average Bonchev–Trinajstić information content (AvgIpc) is 2.49. The van der Waals surface area contributed by atoms with Crippen LogP contribution in [0.25, 0.3) is 0 Å². The Morgan fingerprint density at radius 2 is 1.74 bits per heavy atom. The lowest BCUT2D eigenvalue weighted by Crippen LogP contribution is -2.43. The number of carbonyl (C=O) groups excluding carboxylic acids is 3. The van der Waals surface area contributed by atoms with E-state index in [-0.39, 0.29) is 20.8 Å². The zero-order valence-corrected chi connectivity index (χ0v) is 14.4. The summed E-state index contributed by atoms with van der Waals surface area (Å²) < 4.78 is 9.97. The lowest BCUT2D eigenvalue weighted by molar-refractivity contribution is -0.156. The van der Waals surface area contributed by atoms with Crippen LogP contribution in [-0.2, 0) is 14.3 Å². The number of hydrogen-bond donors (Lipinski definition) is 2. The van der Waals surface area contributed by atoms with Crippen molar-refractivity contribution in [3.8, 4) is 5.75 Å². The van der Waals surface area contributed by atoms with E-state index in [4.69, 9.17) is 44.3 Å². The highest BCUT2D eigenvalue weighted by molar-refractivity contribution is 6.43. The molecule has 0 aliphatic rings. The summed E-state index contributed by atoms with van der Waals surface area (Å²) in [5.74, 6) is -1.46. The van der Waals surface area contributed by atoms with Gasteiger partial charge in [0.25, 0.3) is 5.91 Å². The van der Waals surface area contributed by atoms with Gasteiger partial charge in [-0.15, -0.1) is 0 Å². The number of halogens is 3. The van der Waals surface area contributed by atoms with E-state index in [2.05, 4.69) is 5.32 Å². The minimum Gasteiger partial charge on any atom is -0.480 e. The summed E-state index contributed by atoms with van der Waals surface area (Å²) in [5, 5.41) is 4.78. The maximum Gasteiger partial charge on any atom is 0.344 e. The molecule has 126 valence electrons. The second-order valence-corrected chi connectivity index (χ2v) is 5.41. The highest BCUT2D eigenvalue weighted by Crippen LogP contribution is 2.33. The highest BCUT2D eigenvalue weighted by atomic mass is 35.5. The molecule has 0 bridgehead atoms. The number of nitrogens with one attached hydrogen (secondary N) is 2. The summed E-state index contributed by atoms with van der Waals surface area (Å²) in [5.41, 5.74) is 0. The van der Waals surface area contributed by atoms with Crippen molar-refractivity contribution in [3.63, 3.8) is 0 Å². The SMILES string of the molecule is CNC(=O)NC(=O)[C@H](C)OC(=O)COc1cc(Cl)c(Cl)cc1Cl. The second-order valence-electron chi connectivity index (χ2n) is 4.19. The Hall–Kier alpha value is -1.70. The molecule has 7 nitrogen and oxygen atoms in total. The van der Waals surface area contributed by atoms with Gasteiger partial charge in [0.05, 0.1) is 15.1 Å². The van der Waals surface area contributed by atoms with Crippen LogP contribution in [0, 0.1) is 0 Å². The normalized spacial score (nSPS) is 11.3. The van der Waals surface area contributed by atoms with Crippen LogP contribution in [-0.4, -0.2) is 37.7 Å². The van der Waals surface area contributed by atoms with Crippen molar-refractivity contribution < 1.29 is 23.9 Å². The summed E-state index contributed by atoms with van der Waals surface area (Å²) in [7, 11) is 1.34. The Morgan fingerprint density at radius 3 is 2.35 bits per heavy atom. The van der Waals surface area contributed by atoms with Crippen LogP contribution >= 0.6 is 34.8 Å². The van der Waals surface area contributed by atoms with Gasteiger partial charge in [-0.05, 0) is 13.0 Å². The number of imide groups is 1. The summed E-state index contributed by atoms with van der Waals surface area (Å²) in [4.78, 5) is 34.1. The Labute approximate surface area is 147 Å². The van der Waals surface area contributed by atoms with Gasteiger partial charge in [-0.2, -0.15) is 0 Å². The summed E-state index contributed by atoms with van der Waals surface area (Å²) >= 11 is 17.5. The lowest BCUT2D eigenvalue weighted by Gasteiger charge is -2.13. The topological polar surface area (TPSA) is 93.7 Å². The molecule has 3 amide bonds. The third-order valence-electron chi connectivity index (χ3n) is 2.46. The zero-order valence-electron chi connectivity index (χ0n) is 12.1. The number of esters is 1. The first kappa shape index (κ1) is 19.3. The van der Waals surface area contributed by atoms with Crippen molar-refractivity contribution in [2.45, 2.75) is 13.0 Å². The lowest BCUT2D eigenvalue weighted by atomic mass is 10.3. The fourth-order valence-corrected chi connectivity index (χ4v) is 1.90.